The van der Waals surface area contributed by atoms with Gasteiger partial charge in [-0.3, -0.25) is 0 Å². The summed E-state index contributed by atoms with van der Waals surface area (Å²) >= 11 is 0. The van der Waals surface area contributed by atoms with Crippen LogP contribution in [0.25, 0.3) is 0 Å². The first-order valence-corrected chi connectivity index (χ1v) is 4.50. The molecular weight excluding hydrogens is 148 g/mol. The first kappa shape index (κ1) is 9.27. The third-order valence-corrected chi connectivity index (χ3v) is 2.22. The van der Waals surface area contributed by atoms with Crippen LogP contribution in [0.3, 0.4) is 0 Å². The zero-order valence-corrected chi connectivity index (χ0v) is 7.76. The summed E-state index contributed by atoms with van der Waals surface area (Å²) in [5.74, 6) is 0. The van der Waals surface area contributed by atoms with Gasteiger partial charge in [0.1, 0.15) is 6.61 Å². The van der Waals surface area contributed by atoms with Gasteiger partial charge in [0.15, 0.2) is 0 Å². The van der Waals surface area contributed by atoms with E-state index in [1.165, 1.54) is 11.1 Å². The van der Waals surface area contributed by atoms with Crippen LogP contribution in [0, 0.1) is 0 Å². The van der Waals surface area contributed by atoms with E-state index in [1.54, 1.807) is 0 Å². The Kier molecular flexibility index (Phi) is 3.30. The summed E-state index contributed by atoms with van der Waals surface area (Å²) in [6.45, 7) is 4.13. The SMILES string of the molecule is CCc1ccc(C[O])c(CC)c1. The average Bonchev–Trinajstić information content (AvgIpc) is 2.16. The lowest BCUT2D eigenvalue weighted by Crippen LogP contribution is -1.93. The Morgan fingerprint density at radius 3 is 2.33 bits per heavy atom. The standard InChI is InChI=1S/C11H15O/c1-3-9-5-6-11(8-12)10(4-2)7-9/h5-7H,3-4,8H2,1-2H3. The summed E-state index contributed by atoms with van der Waals surface area (Å²) < 4.78 is 0. The molecule has 0 fully saturated rings. The minimum Gasteiger partial charge on any atom is -0.232 e. The fourth-order valence-corrected chi connectivity index (χ4v) is 1.37. The van der Waals surface area contributed by atoms with Gasteiger partial charge in [0.05, 0.1) is 0 Å². The molecule has 0 aliphatic heterocycles. The Balaban J connectivity index is 3.02. The van der Waals surface area contributed by atoms with Crippen molar-refractivity contribution >= 4 is 0 Å². The van der Waals surface area contributed by atoms with Crippen molar-refractivity contribution in [1.82, 2.24) is 0 Å². The molecule has 0 aliphatic carbocycles. The van der Waals surface area contributed by atoms with Crippen molar-refractivity contribution in [3.05, 3.63) is 34.9 Å². The third kappa shape index (κ3) is 1.86. The first-order chi connectivity index (χ1) is 5.81. The fraction of sp³-hybridized carbons (Fsp3) is 0.455. The zero-order valence-electron chi connectivity index (χ0n) is 7.76. The second kappa shape index (κ2) is 4.27. The van der Waals surface area contributed by atoms with Crippen molar-refractivity contribution in [3.63, 3.8) is 0 Å². The van der Waals surface area contributed by atoms with Crippen molar-refractivity contribution in [2.75, 3.05) is 0 Å². The van der Waals surface area contributed by atoms with E-state index in [0.717, 1.165) is 18.4 Å². The van der Waals surface area contributed by atoms with Gasteiger partial charge in [-0.25, -0.2) is 5.11 Å². The monoisotopic (exact) mass is 163 g/mol. The normalized spacial score (nSPS) is 10.2. The number of aryl methyl sites for hydroxylation is 2. The third-order valence-electron chi connectivity index (χ3n) is 2.22. The molecule has 1 aromatic rings. The van der Waals surface area contributed by atoms with Gasteiger partial charge in [-0.15, -0.1) is 0 Å². The average molecular weight is 163 g/mol. The summed E-state index contributed by atoms with van der Waals surface area (Å²) in [5, 5.41) is 10.7. The summed E-state index contributed by atoms with van der Waals surface area (Å²) in [4.78, 5) is 0. The van der Waals surface area contributed by atoms with E-state index in [1.807, 2.05) is 12.1 Å². The molecular formula is C11H15O. The van der Waals surface area contributed by atoms with Gasteiger partial charge in [0.25, 0.3) is 0 Å². The van der Waals surface area contributed by atoms with Crippen molar-refractivity contribution < 1.29 is 5.11 Å². The molecule has 0 aromatic heterocycles. The van der Waals surface area contributed by atoms with Gasteiger partial charge >= 0.3 is 0 Å². The Morgan fingerprint density at radius 1 is 1.08 bits per heavy atom. The Labute approximate surface area is 74.1 Å². The number of rotatable bonds is 3. The highest BCUT2D eigenvalue weighted by molar-refractivity contribution is 5.31. The first-order valence-electron chi connectivity index (χ1n) is 4.50. The summed E-state index contributed by atoms with van der Waals surface area (Å²) in [5.41, 5.74) is 3.49. The quantitative estimate of drug-likeness (QED) is 0.653. The van der Waals surface area contributed by atoms with Crippen molar-refractivity contribution in [2.24, 2.45) is 0 Å². The molecule has 1 aromatic carbocycles. The highest BCUT2D eigenvalue weighted by Crippen LogP contribution is 2.13. The van der Waals surface area contributed by atoms with Gasteiger partial charge in [0.2, 0.25) is 0 Å². The van der Waals surface area contributed by atoms with Gasteiger partial charge < -0.3 is 0 Å². The molecule has 0 atom stereocenters. The van der Waals surface area contributed by atoms with Crippen molar-refractivity contribution in [3.8, 4) is 0 Å². The molecule has 0 N–H and O–H groups in total. The van der Waals surface area contributed by atoms with Crippen LogP contribution in [-0.4, -0.2) is 0 Å². The molecule has 0 unspecified atom stereocenters. The van der Waals surface area contributed by atoms with Crippen LogP contribution in [0.4, 0.5) is 0 Å². The number of benzene rings is 1. The van der Waals surface area contributed by atoms with Crippen LogP contribution in [0.1, 0.15) is 30.5 Å². The Hall–Kier alpha value is -0.820. The molecule has 0 amide bonds. The van der Waals surface area contributed by atoms with E-state index >= 15 is 0 Å². The van der Waals surface area contributed by atoms with Crippen LogP contribution in [-0.2, 0) is 24.6 Å². The van der Waals surface area contributed by atoms with Crippen LogP contribution in [0.5, 0.6) is 0 Å². The molecule has 0 aliphatic rings. The molecule has 0 saturated heterocycles. The smallest absolute Gasteiger partial charge is 0.108 e. The highest BCUT2D eigenvalue weighted by atomic mass is 16.3. The van der Waals surface area contributed by atoms with E-state index < -0.39 is 0 Å². The molecule has 1 nitrogen and oxygen atoms in total. The number of hydrogen-bond acceptors (Lipinski definition) is 0. The molecule has 12 heavy (non-hydrogen) atoms. The fourth-order valence-electron chi connectivity index (χ4n) is 1.37. The van der Waals surface area contributed by atoms with Gasteiger partial charge in [-0.1, -0.05) is 32.0 Å². The molecule has 1 radical (unpaired) electrons. The summed E-state index contributed by atoms with van der Waals surface area (Å²) in [6.07, 6.45) is 2.01. The van der Waals surface area contributed by atoms with Crippen LogP contribution in [0.2, 0.25) is 0 Å². The molecule has 65 valence electrons. The van der Waals surface area contributed by atoms with Gasteiger partial charge in [-0.05, 0) is 29.5 Å². The van der Waals surface area contributed by atoms with E-state index in [9.17, 15) is 5.11 Å². The predicted molar refractivity (Wildman–Crippen MR) is 49.6 cm³/mol. The summed E-state index contributed by atoms with van der Waals surface area (Å²) in [6, 6.07) is 6.16. The summed E-state index contributed by atoms with van der Waals surface area (Å²) in [7, 11) is 0. The lowest BCUT2D eigenvalue weighted by molar-refractivity contribution is 0.177. The van der Waals surface area contributed by atoms with Crippen molar-refractivity contribution in [1.29, 1.82) is 0 Å². The predicted octanol–water partition coefficient (Wildman–Crippen LogP) is 2.74. The van der Waals surface area contributed by atoms with Gasteiger partial charge in [-0.2, -0.15) is 0 Å². The second-order valence-corrected chi connectivity index (χ2v) is 2.95. The van der Waals surface area contributed by atoms with E-state index in [0.29, 0.717) is 0 Å². The maximum Gasteiger partial charge on any atom is 0.108 e. The van der Waals surface area contributed by atoms with E-state index in [-0.39, 0.29) is 6.61 Å². The molecule has 0 saturated carbocycles. The molecule has 0 heterocycles. The molecule has 1 rings (SSSR count). The molecule has 0 spiro atoms. The largest absolute Gasteiger partial charge is 0.232 e. The zero-order chi connectivity index (χ0) is 8.97. The van der Waals surface area contributed by atoms with Gasteiger partial charge in [0, 0.05) is 0 Å². The minimum atomic E-state index is -0.0901. The lowest BCUT2D eigenvalue weighted by atomic mass is 10.0. The van der Waals surface area contributed by atoms with E-state index in [2.05, 4.69) is 19.9 Å². The molecule has 0 bridgehead atoms. The van der Waals surface area contributed by atoms with Crippen LogP contribution >= 0.6 is 0 Å². The van der Waals surface area contributed by atoms with Crippen LogP contribution < -0.4 is 0 Å². The Bertz CT molecular complexity index is 253. The van der Waals surface area contributed by atoms with E-state index in [4.69, 9.17) is 0 Å². The molecule has 1 heteroatoms. The lowest BCUT2D eigenvalue weighted by Gasteiger charge is -2.05. The van der Waals surface area contributed by atoms with Crippen molar-refractivity contribution in [2.45, 2.75) is 33.3 Å². The Morgan fingerprint density at radius 2 is 1.83 bits per heavy atom. The maximum atomic E-state index is 10.7. The maximum absolute atomic E-state index is 10.7. The van der Waals surface area contributed by atoms with Crippen LogP contribution in [0.15, 0.2) is 18.2 Å². The highest BCUT2D eigenvalue weighted by Gasteiger charge is 2.00. The number of hydrogen-bond donors (Lipinski definition) is 0. The minimum absolute atomic E-state index is 0.0901. The topological polar surface area (TPSA) is 19.9 Å². The second-order valence-electron chi connectivity index (χ2n) is 2.95.